The zero-order valence-corrected chi connectivity index (χ0v) is 17.5. The molecule has 1 unspecified atom stereocenters. The van der Waals surface area contributed by atoms with Crippen molar-refractivity contribution in [1.82, 2.24) is 15.4 Å². The van der Waals surface area contributed by atoms with E-state index in [2.05, 4.69) is 21.9 Å². The molecule has 150 valence electrons. The SMILES string of the molecule is C=CC(=O)NCCNC(=O)c1cc(S(=O)(=O)NC(C)CCC)c(Cl)cc1Cl. The maximum atomic E-state index is 12.6. The van der Waals surface area contributed by atoms with E-state index < -0.39 is 15.9 Å². The quantitative estimate of drug-likeness (QED) is 0.387. The molecule has 0 aliphatic heterocycles. The van der Waals surface area contributed by atoms with Gasteiger partial charge in [-0.15, -0.1) is 0 Å². The second-order valence-corrected chi connectivity index (χ2v) is 8.32. The van der Waals surface area contributed by atoms with Crippen molar-refractivity contribution in [1.29, 1.82) is 0 Å². The number of rotatable bonds is 10. The fourth-order valence-electron chi connectivity index (χ4n) is 2.26. The van der Waals surface area contributed by atoms with Crippen LogP contribution in [0.5, 0.6) is 0 Å². The number of nitrogens with one attached hydrogen (secondary N) is 3. The van der Waals surface area contributed by atoms with Gasteiger partial charge in [-0.1, -0.05) is 43.1 Å². The van der Waals surface area contributed by atoms with E-state index in [-0.39, 0.29) is 45.5 Å². The van der Waals surface area contributed by atoms with Gasteiger partial charge in [-0.25, -0.2) is 13.1 Å². The van der Waals surface area contributed by atoms with Crippen LogP contribution in [0.1, 0.15) is 37.0 Å². The summed E-state index contributed by atoms with van der Waals surface area (Å²) >= 11 is 12.1. The number of hydrogen-bond acceptors (Lipinski definition) is 4. The van der Waals surface area contributed by atoms with Crippen LogP contribution in [0.3, 0.4) is 0 Å². The van der Waals surface area contributed by atoms with Crippen molar-refractivity contribution in [3.8, 4) is 0 Å². The largest absolute Gasteiger partial charge is 0.351 e. The molecule has 0 aliphatic rings. The first-order chi connectivity index (χ1) is 12.6. The van der Waals surface area contributed by atoms with E-state index in [0.29, 0.717) is 6.42 Å². The highest BCUT2D eigenvalue weighted by Crippen LogP contribution is 2.29. The summed E-state index contributed by atoms with van der Waals surface area (Å²) in [5.41, 5.74) is -0.0281. The predicted molar refractivity (Wildman–Crippen MR) is 107 cm³/mol. The summed E-state index contributed by atoms with van der Waals surface area (Å²) in [4.78, 5) is 23.1. The average Bonchev–Trinajstić information content (AvgIpc) is 2.57. The van der Waals surface area contributed by atoms with Gasteiger partial charge in [0.25, 0.3) is 5.91 Å². The van der Waals surface area contributed by atoms with Crippen LogP contribution < -0.4 is 15.4 Å². The average molecular weight is 436 g/mol. The molecule has 0 heterocycles. The number of carbonyl (C=O) groups excluding carboxylic acids is 2. The van der Waals surface area contributed by atoms with Crippen molar-refractivity contribution in [3.63, 3.8) is 0 Å². The van der Waals surface area contributed by atoms with Gasteiger partial charge in [0.05, 0.1) is 15.6 Å². The highest BCUT2D eigenvalue weighted by Gasteiger charge is 2.24. The molecule has 1 atom stereocenters. The van der Waals surface area contributed by atoms with Crippen molar-refractivity contribution in [3.05, 3.63) is 40.4 Å². The van der Waals surface area contributed by atoms with Crippen molar-refractivity contribution < 1.29 is 18.0 Å². The molecule has 1 rings (SSSR count). The first kappa shape index (κ1) is 23.4. The number of sulfonamides is 1. The molecule has 0 fully saturated rings. The Morgan fingerprint density at radius 1 is 1.19 bits per heavy atom. The lowest BCUT2D eigenvalue weighted by atomic mass is 10.2. The van der Waals surface area contributed by atoms with E-state index in [9.17, 15) is 18.0 Å². The van der Waals surface area contributed by atoms with E-state index in [1.807, 2.05) is 6.92 Å². The van der Waals surface area contributed by atoms with Crippen LogP contribution in [0, 0.1) is 0 Å². The number of halogens is 2. The predicted octanol–water partition coefficient (Wildman–Crippen LogP) is 2.49. The van der Waals surface area contributed by atoms with Crippen LogP contribution in [0.15, 0.2) is 29.7 Å². The minimum Gasteiger partial charge on any atom is -0.351 e. The highest BCUT2D eigenvalue weighted by molar-refractivity contribution is 7.89. The first-order valence-corrected chi connectivity index (χ1v) is 10.6. The van der Waals surface area contributed by atoms with Crippen molar-refractivity contribution >= 4 is 45.0 Å². The summed E-state index contributed by atoms with van der Waals surface area (Å²) < 4.78 is 27.7. The molecular weight excluding hydrogens is 413 g/mol. The molecule has 0 radical (unpaired) electrons. The minimum atomic E-state index is -3.91. The Bertz CT molecular complexity index is 813. The third-order valence-corrected chi connectivity index (χ3v) is 5.90. The van der Waals surface area contributed by atoms with E-state index in [0.717, 1.165) is 18.6 Å². The van der Waals surface area contributed by atoms with Gasteiger partial charge in [-0.05, 0) is 31.6 Å². The lowest BCUT2D eigenvalue weighted by Gasteiger charge is -2.15. The Morgan fingerprint density at radius 3 is 2.41 bits per heavy atom. The second kappa shape index (κ2) is 10.7. The van der Waals surface area contributed by atoms with Crippen LogP contribution in [-0.2, 0) is 14.8 Å². The number of carbonyl (C=O) groups is 2. The Labute approximate surface area is 169 Å². The summed E-state index contributed by atoms with van der Waals surface area (Å²) in [6.45, 7) is 7.32. The van der Waals surface area contributed by atoms with Crippen molar-refractivity contribution in [2.24, 2.45) is 0 Å². The molecule has 3 N–H and O–H groups in total. The molecule has 10 heteroatoms. The number of amides is 2. The first-order valence-electron chi connectivity index (χ1n) is 8.32. The maximum Gasteiger partial charge on any atom is 0.252 e. The number of hydrogen-bond donors (Lipinski definition) is 3. The highest BCUT2D eigenvalue weighted by atomic mass is 35.5. The third kappa shape index (κ3) is 7.14. The van der Waals surface area contributed by atoms with Crippen LogP contribution >= 0.6 is 23.2 Å². The van der Waals surface area contributed by atoms with E-state index in [4.69, 9.17) is 23.2 Å². The van der Waals surface area contributed by atoms with Crippen LogP contribution in [0.25, 0.3) is 0 Å². The fourth-order valence-corrected chi connectivity index (χ4v) is 4.40. The monoisotopic (exact) mass is 435 g/mol. The Kier molecular flexibility index (Phi) is 9.25. The van der Waals surface area contributed by atoms with Gasteiger partial charge < -0.3 is 10.6 Å². The van der Waals surface area contributed by atoms with Crippen LogP contribution in [0.2, 0.25) is 10.0 Å². The van der Waals surface area contributed by atoms with Gasteiger partial charge in [0.15, 0.2) is 0 Å². The maximum absolute atomic E-state index is 12.6. The molecule has 0 saturated heterocycles. The summed E-state index contributed by atoms with van der Waals surface area (Å²) in [5.74, 6) is -0.947. The zero-order chi connectivity index (χ0) is 20.6. The van der Waals surface area contributed by atoms with Gasteiger partial charge >= 0.3 is 0 Å². The molecule has 0 spiro atoms. The third-order valence-electron chi connectivity index (χ3n) is 3.53. The number of benzene rings is 1. The lowest BCUT2D eigenvalue weighted by molar-refractivity contribution is -0.116. The molecule has 0 saturated carbocycles. The molecular formula is C17H23Cl2N3O4S. The smallest absolute Gasteiger partial charge is 0.252 e. The summed E-state index contributed by atoms with van der Waals surface area (Å²) in [5, 5.41) is 4.99. The van der Waals surface area contributed by atoms with Crippen LogP contribution in [-0.4, -0.2) is 39.4 Å². The van der Waals surface area contributed by atoms with Crippen molar-refractivity contribution in [2.45, 2.75) is 37.6 Å². The molecule has 2 amide bonds. The molecule has 27 heavy (non-hydrogen) atoms. The summed E-state index contributed by atoms with van der Waals surface area (Å²) in [6, 6.07) is 2.08. The van der Waals surface area contributed by atoms with E-state index >= 15 is 0 Å². The molecule has 1 aromatic rings. The Balaban J connectivity index is 2.97. The summed E-state index contributed by atoms with van der Waals surface area (Å²) in [6.07, 6.45) is 2.59. The van der Waals surface area contributed by atoms with Crippen LogP contribution in [0.4, 0.5) is 0 Å². The van der Waals surface area contributed by atoms with Gasteiger partial charge in [-0.2, -0.15) is 0 Å². The van der Waals surface area contributed by atoms with Gasteiger partial charge in [0.1, 0.15) is 4.90 Å². The lowest BCUT2D eigenvalue weighted by Crippen LogP contribution is -2.34. The molecule has 0 aliphatic carbocycles. The van der Waals surface area contributed by atoms with E-state index in [1.54, 1.807) is 6.92 Å². The fraction of sp³-hybridized carbons (Fsp3) is 0.412. The normalized spacial score (nSPS) is 12.3. The molecule has 7 nitrogen and oxygen atoms in total. The topological polar surface area (TPSA) is 104 Å². The second-order valence-electron chi connectivity index (χ2n) is 5.82. The molecule has 0 aromatic heterocycles. The minimum absolute atomic E-state index is 0.0215. The zero-order valence-electron chi connectivity index (χ0n) is 15.1. The Hall–Kier alpha value is -1.61. The van der Waals surface area contributed by atoms with Crippen molar-refractivity contribution in [2.75, 3.05) is 13.1 Å². The van der Waals surface area contributed by atoms with Gasteiger partial charge in [-0.3, -0.25) is 9.59 Å². The Morgan fingerprint density at radius 2 is 1.81 bits per heavy atom. The van der Waals surface area contributed by atoms with E-state index in [1.165, 1.54) is 6.07 Å². The standard InChI is InChI=1S/C17H23Cl2N3O4S/c1-4-6-11(3)22-27(25,26)15-9-12(13(18)10-14(15)19)17(24)21-8-7-20-16(23)5-2/h5,9-11,22H,2,4,6-8H2,1,3H3,(H,20,23)(H,21,24). The van der Waals surface area contributed by atoms with Gasteiger partial charge in [0.2, 0.25) is 15.9 Å². The summed E-state index contributed by atoms with van der Waals surface area (Å²) in [7, 11) is -3.91. The molecule has 1 aromatic carbocycles. The van der Waals surface area contributed by atoms with Gasteiger partial charge in [0, 0.05) is 19.1 Å². The molecule has 0 bridgehead atoms.